The van der Waals surface area contributed by atoms with Crippen LogP contribution in [-0.2, 0) is 16.9 Å². The molecular weight excluding hydrogens is 401 g/mol. The number of hydrogen-bond donors (Lipinski definition) is 0. The van der Waals surface area contributed by atoms with Gasteiger partial charge >= 0.3 is 0 Å². The average Bonchev–Trinajstić information content (AvgIpc) is 3.13. The number of benzene rings is 2. The van der Waals surface area contributed by atoms with Gasteiger partial charge in [-0.15, -0.1) is 12.4 Å². The van der Waals surface area contributed by atoms with Crippen LogP contribution >= 0.6 is 12.4 Å². The molecule has 3 aliphatic rings. The van der Waals surface area contributed by atoms with Gasteiger partial charge in [-0.2, -0.15) is 5.26 Å². The highest BCUT2D eigenvalue weighted by molar-refractivity contribution is 5.85. The quantitative estimate of drug-likeness (QED) is 0.701. The summed E-state index contributed by atoms with van der Waals surface area (Å²) in [6.45, 7) is 4.32. The molecule has 6 heteroatoms. The highest BCUT2D eigenvalue weighted by atomic mass is 35.5. The second-order valence-electron chi connectivity index (χ2n) is 8.47. The van der Waals surface area contributed by atoms with Gasteiger partial charge in [0.05, 0.1) is 23.5 Å². The lowest BCUT2D eigenvalue weighted by Gasteiger charge is -2.45. The molecule has 1 spiro atoms. The topological polar surface area (TPSA) is 39.5 Å². The summed E-state index contributed by atoms with van der Waals surface area (Å²) in [6, 6.07) is 15.9. The van der Waals surface area contributed by atoms with Crippen LogP contribution in [0.25, 0.3) is 0 Å². The Morgan fingerprint density at radius 2 is 1.77 bits per heavy atom. The van der Waals surface area contributed by atoms with Gasteiger partial charge in [0.2, 0.25) is 0 Å². The number of hydrogen-bond acceptors (Lipinski definition) is 4. The van der Waals surface area contributed by atoms with Crippen molar-refractivity contribution < 1.29 is 9.13 Å². The van der Waals surface area contributed by atoms with Crippen molar-refractivity contribution in [1.82, 2.24) is 4.90 Å². The molecule has 2 aliphatic heterocycles. The second kappa shape index (κ2) is 8.55. The van der Waals surface area contributed by atoms with Gasteiger partial charge in [0.1, 0.15) is 11.9 Å². The third-order valence-corrected chi connectivity index (χ3v) is 7.03. The van der Waals surface area contributed by atoms with E-state index in [-0.39, 0.29) is 23.8 Å². The maximum Gasteiger partial charge on any atom is 0.125 e. The molecule has 0 N–H and O–H groups in total. The molecule has 0 bridgehead atoms. The first-order valence-corrected chi connectivity index (χ1v) is 10.6. The summed E-state index contributed by atoms with van der Waals surface area (Å²) >= 11 is 0. The van der Waals surface area contributed by atoms with Crippen molar-refractivity contribution in [2.75, 3.05) is 31.1 Å². The number of nitrogens with zero attached hydrogens (tertiary/aromatic N) is 3. The van der Waals surface area contributed by atoms with Crippen LogP contribution in [0.4, 0.5) is 10.1 Å². The number of anilines is 1. The second-order valence-corrected chi connectivity index (χ2v) is 8.47. The van der Waals surface area contributed by atoms with Gasteiger partial charge in [-0.1, -0.05) is 24.3 Å². The molecule has 1 saturated carbocycles. The lowest BCUT2D eigenvalue weighted by atomic mass is 9.77. The zero-order valence-electron chi connectivity index (χ0n) is 17.0. The Bertz CT molecular complexity index is 944. The van der Waals surface area contributed by atoms with Gasteiger partial charge in [-0.3, -0.25) is 4.90 Å². The summed E-state index contributed by atoms with van der Waals surface area (Å²) in [5.74, 6) is -0.282. The molecule has 158 valence electrons. The Morgan fingerprint density at radius 1 is 1.03 bits per heavy atom. The highest BCUT2D eigenvalue weighted by Gasteiger charge is 2.43. The van der Waals surface area contributed by atoms with Gasteiger partial charge in [-0.05, 0) is 55.0 Å². The Labute approximate surface area is 183 Å². The van der Waals surface area contributed by atoms with Crippen molar-refractivity contribution in [1.29, 1.82) is 5.26 Å². The van der Waals surface area contributed by atoms with Crippen LogP contribution < -0.4 is 4.90 Å². The van der Waals surface area contributed by atoms with Crippen LogP contribution in [0, 0.1) is 17.1 Å². The standard InChI is InChI=1S/C24H26FN3O.ClH/c25-20-6-5-18(16-26)23(15-20)28-13-11-27(12-14-28)21-7-9-24(10-8-21)22-4-2-1-3-19(22)17-29-24;/h1-6,15,21H,7-14,17H2;1H/t21-,24-;. The minimum Gasteiger partial charge on any atom is -0.368 e. The third kappa shape index (κ3) is 3.69. The molecule has 5 rings (SSSR count). The van der Waals surface area contributed by atoms with Gasteiger partial charge in [0.25, 0.3) is 0 Å². The predicted molar refractivity (Wildman–Crippen MR) is 117 cm³/mol. The van der Waals surface area contributed by atoms with E-state index in [0.29, 0.717) is 11.6 Å². The average molecular weight is 428 g/mol. The molecule has 1 saturated heterocycles. The van der Waals surface area contributed by atoms with E-state index in [2.05, 4.69) is 40.1 Å². The molecule has 0 radical (unpaired) electrons. The van der Waals surface area contributed by atoms with Crippen molar-refractivity contribution in [3.05, 3.63) is 65.0 Å². The van der Waals surface area contributed by atoms with Crippen LogP contribution in [0.2, 0.25) is 0 Å². The predicted octanol–water partition coefficient (Wildman–Crippen LogP) is 4.61. The largest absolute Gasteiger partial charge is 0.368 e. The van der Waals surface area contributed by atoms with Gasteiger partial charge in [0, 0.05) is 32.2 Å². The number of ether oxygens (including phenoxy) is 1. The van der Waals surface area contributed by atoms with Crippen LogP contribution in [0.1, 0.15) is 42.4 Å². The summed E-state index contributed by atoms with van der Waals surface area (Å²) in [6.07, 6.45) is 4.46. The first kappa shape index (κ1) is 21.1. The molecule has 30 heavy (non-hydrogen) atoms. The van der Waals surface area contributed by atoms with Crippen LogP contribution in [0.3, 0.4) is 0 Å². The fourth-order valence-electron chi connectivity index (χ4n) is 5.42. The molecule has 0 aromatic heterocycles. The fourth-order valence-corrected chi connectivity index (χ4v) is 5.42. The third-order valence-electron chi connectivity index (χ3n) is 7.03. The van der Waals surface area contributed by atoms with Crippen molar-refractivity contribution in [2.24, 2.45) is 0 Å². The molecule has 1 aliphatic carbocycles. The first-order chi connectivity index (χ1) is 14.2. The summed E-state index contributed by atoms with van der Waals surface area (Å²) in [5.41, 5.74) is 3.96. The van der Waals surface area contributed by atoms with Gasteiger partial charge in [0.15, 0.2) is 0 Å². The number of rotatable bonds is 2. The monoisotopic (exact) mass is 427 g/mol. The number of nitriles is 1. The maximum atomic E-state index is 13.7. The molecule has 0 atom stereocenters. The maximum absolute atomic E-state index is 13.7. The molecule has 0 unspecified atom stereocenters. The van der Waals surface area contributed by atoms with E-state index in [4.69, 9.17) is 4.74 Å². The lowest BCUT2D eigenvalue weighted by Crippen LogP contribution is -2.52. The first-order valence-electron chi connectivity index (χ1n) is 10.6. The summed E-state index contributed by atoms with van der Waals surface area (Å²) in [7, 11) is 0. The van der Waals surface area contributed by atoms with Gasteiger partial charge < -0.3 is 9.64 Å². The normalized spacial score (nSPS) is 26.1. The zero-order chi connectivity index (χ0) is 19.8. The Kier molecular flexibility index (Phi) is 6.02. The molecule has 0 amide bonds. The van der Waals surface area contributed by atoms with E-state index >= 15 is 0 Å². The van der Waals surface area contributed by atoms with Crippen LogP contribution in [0.5, 0.6) is 0 Å². The molecule has 2 aromatic carbocycles. The van der Waals surface area contributed by atoms with E-state index in [0.717, 1.165) is 64.2 Å². The molecule has 2 aromatic rings. The van der Waals surface area contributed by atoms with Crippen molar-refractivity contribution >= 4 is 18.1 Å². The summed E-state index contributed by atoms with van der Waals surface area (Å²) in [5, 5.41) is 9.35. The fraction of sp³-hybridized carbons (Fsp3) is 0.458. The van der Waals surface area contributed by atoms with Crippen LogP contribution in [0.15, 0.2) is 42.5 Å². The van der Waals surface area contributed by atoms with Gasteiger partial charge in [-0.25, -0.2) is 4.39 Å². The number of halogens is 2. The Balaban J connectivity index is 0.00000218. The smallest absolute Gasteiger partial charge is 0.125 e. The SMILES string of the molecule is Cl.N#Cc1ccc(F)cc1N1CCN([C@H]2CC[C@@]3(CC2)OCc2ccccc23)CC1. The minimum absolute atomic E-state index is 0. The van der Waals surface area contributed by atoms with Crippen molar-refractivity contribution in [2.45, 2.75) is 43.9 Å². The summed E-state index contributed by atoms with van der Waals surface area (Å²) < 4.78 is 20.0. The molecular formula is C24H27ClFN3O. The Hall–Kier alpha value is -2.13. The van der Waals surface area contributed by atoms with E-state index < -0.39 is 0 Å². The van der Waals surface area contributed by atoms with E-state index in [1.54, 1.807) is 6.07 Å². The van der Waals surface area contributed by atoms with E-state index in [1.165, 1.54) is 23.3 Å². The molecule has 2 heterocycles. The van der Waals surface area contributed by atoms with E-state index in [1.807, 2.05) is 0 Å². The summed E-state index contributed by atoms with van der Waals surface area (Å²) in [4.78, 5) is 4.73. The van der Waals surface area contributed by atoms with Crippen molar-refractivity contribution in [3.8, 4) is 6.07 Å². The molecule has 4 nitrogen and oxygen atoms in total. The van der Waals surface area contributed by atoms with Crippen LogP contribution in [-0.4, -0.2) is 37.1 Å². The van der Waals surface area contributed by atoms with E-state index in [9.17, 15) is 9.65 Å². The lowest BCUT2D eigenvalue weighted by molar-refractivity contribution is -0.0777. The molecule has 2 fully saturated rings. The Morgan fingerprint density at radius 3 is 2.50 bits per heavy atom. The minimum atomic E-state index is -0.282. The number of fused-ring (bicyclic) bond motifs is 2. The van der Waals surface area contributed by atoms with Crippen molar-refractivity contribution in [3.63, 3.8) is 0 Å². The zero-order valence-corrected chi connectivity index (χ0v) is 17.8. The number of piperazine rings is 1. The highest BCUT2D eigenvalue weighted by Crippen LogP contribution is 2.47.